The number of hydrogen-bond donors (Lipinski definition) is 2. The molecule has 0 bridgehead atoms. The lowest BCUT2D eigenvalue weighted by Gasteiger charge is -2.20. The number of rotatable bonds is 5. The fourth-order valence-electron chi connectivity index (χ4n) is 3.05. The van der Waals surface area contributed by atoms with E-state index in [9.17, 15) is 9.59 Å². The van der Waals surface area contributed by atoms with Crippen LogP contribution in [0.1, 0.15) is 45.4 Å². The molecule has 3 N–H and O–H groups in total. The SMILES string of the molecule is CC[C@@H]1CCc2c(sc(NC(=O)/C=C/c3cccs3)c2C(N)=O)C1. The first-order valence-corrected chi connectivity index (χ1v) is 9.75. The molecule has 1 aliphatic carbocycles. The normalized spacial score (nSPS) is 17.0. The van der Waals surface area contributed by atoms with Crippen molar-refractivity contribution in [3.8, 4) is 0 Å². The molecule has 0 saturated carbocycles. The summed E-state index contributed by atoms with van der Waals surface area (Å²) in [7, 11) is 0. The molecule has 0 saturated heterocycles. The summed E-state index contributed by atoms with van der Waals surface area (Å²) in [4.78, 5) is 26.3. The topological polar surface area (TPSA) is 72.2 Å². The highest BCUT2D eigenvalue weighted by molar-refractivity contribution is 7.17. The number of hydrogen-bond acceptors (Lipinski definition) is 4. The molecule has 24 heavy (non-hydrogen) atoms. The van der Waals surface area contributed by atoms with Gasteiger partial charge in [-0.1, -0.05) is 19.4 Å². The predicted octanol–water partition coefficient (Wildman–Crippen LogP) is 4.08. The Kier molecular flexibility index (Phi) is 5.16. The smallest absolute Gasteiger partial charge is 0.251 e. The van der Waals surface area contributed by atoms with Gasteiger partial charge < -0.3 is 11.1 Å². The molecule has 2 aromatic rings. The predicted molar refractivity (Wildman–Crippen MR) is 101 cm³/mol. The first kappa shape index (κ1) is 16.9. The number of primary amides is 1. The molecule has 0 radical (unpaired) electrons. The molecule has 0 aliphatic heterocycles. The number of nitrogens with two attached hydrogens (primary N) is 1. The quantitative estimate of drug-likeness (QED) is 0.789. The Morgan fingerprint density at radius 3 is 2.96 bits per heavy atom. The van der Waals surface area contributed by atoms with E-state index in [2.05, 4.69) is 12.2 Å². The largest absolute Gasteiger partial charge is 0.365 e. The Labute approximate surface area is 149 Å². The Balaban J connectivity index is 1.81. The maximum Gasteiger partial charge on any atom is 0.251 e. The summed E-state index contributed by atoms with van der Waals surface area (Å²) < 4.78 is 0. The molecular formula is C18H20N2O2S2. The van der Waals surface area contributed by atoms with Crippen LogP contribution >= 0.6 is 22.7 Å². The second-order valence-corrected chi connectivity index (χ2v) is 8.01. The van der Waals surface area contributed by atoms with Gasteiger partial charge in [-0.3, -0.25) is 9.59 Å². The summed E-state index contributed by atoms with van der Waals surface area (Å²) in [5.74, 6) is -0.0457. The van der Waals surface area contributed by atoms with Crippen molar-refractivity contribution in [1.82, 2.24) is 0 Å². The second kappa shape index (κ2) is 7.32. The highest BCUT2D eigenvalue weighted by Crippen LogP contribution is 2.40. The number of amides is 2. The van der Waals surface area contributed by atoms with Gasteiger partial charge in [-0.05, 0) is 48.3 Å². The molecule has 6 heteroatoms. The standard InChI is InChI=1S/C18H20N2O2S2/c1-2-11-5-7-13-14(10-11)24-18(16(13)17(19)22)20-15(21)8-6-12-4-3-9-23-12/h3-4,6,8-9,11H,2,5,7,10H2,1H3,(H2,19,22)(H,20,21)/b8-6+/t11-/m1/s1. The molecule has 1 atom stereocenters. The van der Waals surface area contributed by atoms with E-state index >= 15 is 0 Å². The Hall–Kier alpha value is -1.92. The first-order valence-electron chi connectivity index (χ1n) is 8.05. The van der Waals surface area contributed by atoms with Crippen molar-refractivity contribution < 1.29 is 9.59 Å². The molecule has 4 nitrogen and oxygen atoms in total. The lowest BCUT2D eigenvalue weighted by molar-refractivity contribution is -0.111. The van der Waals surface area contributed by atoms with Gasteiger partial charge in [-0.2, -0.15) is 0 Å². The van der Waals surface area contributed by atoms with Gasteiger partial charge in [-0.25, -0.2) is 0 Å². The van der Waals surface area contributed by atoms with Crippen molar-refractivity contribution in [3.05, 3.63) is 44.5 Å². The Morgan fingerprint density at radius 2 is 2.29 bits per heavy atom. The van der Waals surface area contributed by atoms with E-state index in [1.807, 2.05) is 17.5 Å². The van der Waals surface area contributed by atoms with E-state index in [4.69, 9.17) is 5.73 Å². The van der Waals surface area contributed by atoms with Crippen molar-refractivity contribution in [2.24, 2.45) is 11.7 Å². The van der Waals surface area contributed by atoms with Gasteiger partial charge in [0.2, 0.25) is 5.91 Å². The minimum absolute atomic E-state index is 0.239. The van der Waals surface area contributed by atoms with Crippen molar-refractivity contribution in [1.29, 1.82) is 0 Å². The van der Waals surface area contributed by atoms with Crippen molar-refractivity contribution in [2.45, 2.75) is 32.6 Å². The van der Waals surface area contributed by atoms with E-state index in [0.717, 1.165) is 36.1 Å². The van der Waals surface area contributed by atoms with Crippen LogP contribution < -0.4 is 11.1 Å². The number of anilines is 1. The molecule has 2 aromatic heterocycles. The Bertz CT molecular complexity index is 775. The lowest BCUT2D eigenvalue weighted by Crippen LogP contribution is -2.19. The summed E-state index contributed by atoms with van der Waals surface area (Å²) in [5, 5.41) is 5.39. The van der Waals surface area contributed by atoms with Crippen LogP contribution in [0.25, 0.3) is 6.08 Å². The maximum atomic E-state index is 12.2. The minimum atomic E-state index is -0.458. The summed E-state index contributed by atoms with van der Waals surface area (Å²) in [6, 6.07) is 3.88. The average molecular weight is 361 g/mol. The zero-order valence-electron chi connectivity index (χ0n) is 13.5. The van der Waals surface area contributed by atoms with E-state index in [1.165, 1.54) is 22.3 Å². The number of carbonyl (C=O) groups is 2. The monoisotopic (exact) mass is 360 g/mol. The van der Waals surface area contributed by atoms with E-state index in [1.54, 1.807) is 17.4 Å². The molecule has 0 spiro atoms. The van der Waals surface area contributed by atoms with Crippen LogP contribution in [0, 0.1) is 5.92 Å². The van der Waals surface area contributed by atoms with Gasteiger partial charge >= 0.3 is 0 Å². The van der Waals surface area contributed by atoms with Gasteiger partial charge in [0.05, 0.1) is 5.56 Å². The first-order chi connectivity index (χ1) is 11.6. The zero-order chi connectivity index (χ0) is 17.1. The third-order valence-corrected chi connectivity index (χ3v) is 6.38. The molecule has 2 heterocycles. The summed E-state index contributed by atoms with van der Waals surface area (Å²) in [6.45, 7) is 2.19. The Morgan fingerprint density at radius 1 is 1.46 bits per heavy atom. The number of carbonyl (C=O) groups excluding carboxylic acids is 2. The molecular weight excluding hydrogens is 340 g/mol. The molecule has 0 fully saturated rings. The number of fused-ring (bicyclic) bond motifs is 1. The lowest BCUT2D eigenvalue weighted by atomic mass is 9.85. The van der Waals surface area contributed by atoms with Gasteiger partial charge in [0.15, 0.2) is 0 Å². The highest BCUT2D eigenvalue weighted by atomic mass is 32.1. The van der Waals surface area contributed by atoms with Crippen molar-refractivity contribution in [3.63, 3.8) is 0 Å². The van der Waals surface area contributed by atoms with Crippen LogP contribution in [0.15, 0.2) is 23.6 Å². The summed E-state index contributed by atoms with van der Waals surface area (Å²) in [6.07, 6.45) is 7.30. The molecule has 0 unspecified atom stereocenters. The van der Waals surface area contributed by atoms with Gasteiger partial charge in [0.1, 0.15) is 5.00 Å². The third kappa shape index (κ3) is 3.60. The molecule has 3 rings (SSSR count). The number of thiophene rings is 2. The summed E-state index contributed by atoms with van der Waals surface area (Å²) in [5.41, 5.74) is 7.12. The van der Waals surface area contributed by atoms with Gasteiger partial charge in [0, 0.05) is 15.8 Å². The van der Waals surface area contributed by atoms with Crippen LogP contribution in [0.3, 0.4) is 0 Å². The van der Waals surface area contributed by atoms with Crippen LogP contribution in [-0.2, 0) is 17.6 Å². The van der Waals surface area contributed by atoms with Crippen molar-refractivity contribution >= 4 is 45.6 Å². The molecule has 126 valence electrons. The van der Waals surface area contributed by atoms with Crippen LogP contribution in [0.4, 0.5) is 5.00 Å². The van der Waals surface area contributed by atoms with Crippen LogP contribution in [0.2, 0.25) is 0 Å². The van der Waals surface area contributed by atoms with E-state index < -0.39 is 5.91 Å². The highest BCUT2D eigenvalue weighted by Gasteiger charge is 2.27. The summed E-state index contributed by atoms with van der Waals surface area (Å²) >= 11 is 3.06. The fraction of sp³-hybridized carbons (Fsp3) is 0.333. The van der Waals surface area contributed by atoms with E-state index in [0.29, 0.717) is 16.5 Å². The van der Waals surface area contributed by atoms with E-state index in [-0.39, 0.29) is 5.91 Å². The van der Waals surface area contributed by atoms with Crippen LogP contribution in [0.5, 0.6) is 0 Å². The third-order valence-electron chi connectivity index (χ3n) is 4.37. The molecule has 1 aliphatic rings. The second-order valence-electron chi connectivity index (χ2n) is 5.93. The number of nitrogens with one attached hydrogen (secondary N) is 1. The van der Waals surface area contributed by atoms with Crippen molar-refractivity contribution in [2.75, 3.05) is 5.32 Å². The maximum absolute atomic E-state index is 12.2. The van der Waals surface area contributed by atoms with Crippen LogP contribution in [-0.4, -0.2) is 11.8 Å². The molecule has 0 aromatic carbocycles. The fourth-order valence-corrected chi connectivity index (χ4v) is 5.04. The molecule has 2 amide bonds. The zero-order valence-corrected chi connectivity index (χ0v) is 15.1. The minimum Gasteiger partial charge on any atom is -0.365 e. The average Bonchev–Trinajstić information content (AvgIpc) is 3.19. The van der Waals surface area contributed by atoms with Gasteiger partial charge in [-0.15, -0.1) is 22.7 Å². The van der Waals surface area contributed by atoms with Gasteiger partial charge in [0.25, 0.3) is 5.91 Å².